The van der Waals surface area contributed by atoms with Gasteiger partial charge in [0.1, 0.15) is 6.07 Å². The van der Waals surface area contributed by atoms with Crippen LogP contribution in [0.25, 0.3) is 0 Å². The van der Waals surface area contributed by atoms with Crippen molar-refractivity contribution in [3.8, 4) is 6.07 Å². The predicted molar refractivity (Wildman–Crippen MR) is 32.0 cm³/mol. The first-order valence-corrected chi connectivity index (χ1v) is 2.57. The molecule has 0 heterocycles. The van der Waals surface area contributed by atoms with E-state index in [1.54, 1.807) is 6.42 Å². The van der Waals surface area contributed by atoms with E-state index in [1.807, 2.05) is 0 Å². The van der Waals surface area contributed by atoms with Crippen LogP contribution in [0.2, 0.25) is 0 Å². The Hall–Kier alpha value is -1.10. The lowest BCUT2D eigenvalue weighted by Crippen LogP contribution is -2.13. The van der Waals surface area contributed by atoms with E-state index < -0.39 is 5.67 Å². The van der Waals surface area contributed by atoms with Gasteiger partial charge in [0.25, 0.3) is 0 Å². The maximum atomic E-state index is 12.7. The van der Waals surface area contributed by atoms with Crippen molar-refractivity contribution < 1.29 is 4.39 Å². The molecular weight excluding hydrogens is 117 g/mol. The van der Waals surface area contributed by atoms with Crippen molar-refractivity contribution in [2.45, 2.75) is 5.67 Å². The van der Waals surface area contributed by atoms with E-state index in [9.17, 15) is 4.39 Å². The van der Waals surface area contributed by atoms with Gasteiger partial charge in [-0.3, -0.25) is 0 Å². The van der Waals surface area contributed by atoms with Gasteiger partial charge in [-0.05, 0) is 12.2 Å². The number of rotatable bonds is 0. The van der Waals surface area contributed by atoms with Crippen LogP contribution < -0.4 is 0 Å². The number of hydrogen-bond donors (Lipinski definition) is 0. The van der Waals surface area contributed by atoms with Gasteiger partial charge in [-0.15, -0.1) is 0 Å². The highest BCUT2D eigenvalue weighted by atomic mass is 19.1. The largest absolute Gasteiger partial charge is 0.232 e. The zero-order valence-electron chi connectivity index (χ0n) is 4.71. The summed E-state index contributed by atoms with van der Waals surface area (Å²) in [5.41, 5.74) is -1.87. The molecule has 0 aromatic heterocycles. The van der Waals surface area contributed by atoms with Crippen molar-refractivity contribution in [1.29, 1.82) is 5.26 Å². The van der Waals surface area contributed by atoms with E-state index >= 15 is 0 Å². The maximum Gasteiger partial charge on any atom is 0.232 e. The molecule has 0 aromatic carbocycles. The maximum absolute atomic E-state index is 12.7. The highest BCUT2D eigenvalue weighted by Crippen LogP contribution is 2.17. The highest BCUT2D eigenvalue weighted by molar-refractivity contribution is 5.33. The summed E-state index contributed by atoms with van der Waals surface area (Å²) in [7, 11) is 0. The molecule has 0 saturated carbocycles. The van der Waals surface area contributed by atoms with Gasteiger partial charge in [0.2, 0.25) is 5.67 Å². The van der Waals surface area contributed by atoms with Crippen molar-refractivity contribution in [2.24, 2.45) is 0 Å². The lowest BCUT2D eigenvalue weighted by molar-refractivity contribution is 0.377. The third-order valence-corrected chi connectivity index (χ3v) is 1.07. The van der Waals surface area contributed by atoms with Crippen LogP contribution in [0.3, 0.4) is 0 Å². The molecule has 1 radical (unpaired) electrons. The number of alkyl halides is 1. The molecule has 0 saturated heterocycles. The van der Waals surface area contributed by atoms with Crippen molar-refractivity contribution >= 4 is 0 Å². The fourth-order valence-electron chi connectivity index (χ4n) is 0.585. The molecule has 0 spiro atoms. The van der Waals surface area contributed by atoms with Crippen LogP contribution in [0.1, 0.15) is 0 Å². The Balaban J connectivity index is 2.82. The topological polar surface area (TPSA) is 23.8 Å². The fraction of sp³-hybridized carbons (Fsp3) is 0.143. The van der Waals surface area contributed by atoms with E-state index in [2.05, 4.69) is 0 Å². The normalized spacial score (nSPS) is 21.3. The van der Waals surface area contributed by atoms with Gasteiger partial charge in [0, 0.05) is 6.42 Å². The average molecular weight is 122 g/mol. The van der Waals surface area contributed by atoms with Gasteiger partial charge >= 0.3 is 0 Å². The van der Waals surface area contributed by atoms with Crippen molar-refractivity contribution in [2.75, 3.05) is 0 Å². The van der Waals surface area contributed by atoms with E-state index in [0.29, 0.717) is 0 Å². The molecule has 2 heteroatoms. The van der Waals surface area contributed by atoms with E-state index in [1.165, 1.54) is 30.4 Å². The Labute approximate surface area is 53.1 Å². The predicted octanol–water partition coefficient (Wildman–Crippen LogP) is 1.55. The van der Waals surface area contributed by atoms with Crippen LogP contribution in [0.5, 0.6) is 0 Å². The van der Waals surface area contributed by atoms with Crippen LogP contribution in [-0.2, 0) is 0 Å². The number of hydrogen-bond acceptors (Lipinski definition) is 1. The molecule has 0 atom stereocenters. The first kappa shape index (κ1) is 6.03. The summed E-state index contributed by atoms with van der Waals surface area (Å²) < 4.78 is 12.7. The standard InChI is InChI=1S/C7H5FN/c8-7(6-9)4-2-1-3-5-7/h1-5H. The minimum atomic E-state index is -1.87. The monoisotopic (exact) mass is 122 g/mol. The minimum absolute atomic E-state index is 1.22. The summed E-state index contributed by atoms with van der Waals surface area (Å²) in [5, 5.41) is 8.21. The Bertz CT molecular complexity index is 185. The summed E-state index contributed by atoms with van der Waals surface area (Å²) in [6.07, 6.45) is 7.14. The van der Waals surface area contributed by atoms with E-state index in [4.69, 9.17) is 5.26 Å². The van der Waals surface area contributed by atoms with Crippen molar-refractivity contribution in [3.63, 3.8) is 0 Å². The molecule has 0 bridgehead atoms. The van der Waals surface area contributed by atoms with Crippen LogP contribution in [0.15, 0.2) is 24.3 Å². The fourth-order valence-corrected chi connectivity index (χ4v) is 0.585. The summed E-state index contributed by atoms with van der Waals surface area (Å²) in [4.78, 5) is 0. The van der Waals surface area contributed by atoms with Gasteiger partial charge in [-0.1, -0.05) is 12.2 Å². The SMILES string of the molecule is N#CC1(F)C=C[CH]C=C1. The molecule has 0 aliphatic heterocycles. The third-order valence-electron chi connectivity index (χ3n) is 1.07. The second-order valence-corrected chi connectivity index (χ2v) is 1.79. The van der Waals surface area contributed by atoms with Gasteiger partial charge in [0.15, 0.2) is 0 Å². The first-order chi connectivity index (χ1) is 4.27. The zero-order chi connectivity index (χ0) is 6.74. The molecule has 0 fully saturated rings. The first-order valence-electron chi connectivity index (χ1n) is 2.57. The highest BCUT2D eigenvalue weighted by Gasteiger charge is 2.22. The Morgan fingerprint density at radius 2 is 1.89 bits per heavy atom. The molecular formula is C7H5FN. The summed E-state index contributed by atoms with van der Waals surface area (Å²) in [5.74, 6) is 0. The van der Waals surface area contributed by atoms with Crippen LogP contribution >= 0.6 is 0 Å². The van der Waals surface area contributed by atoms with Crippen molar-refractivity contribution in [1.82, 2.24) is 0 Å². The average Bonchev–Trinajstić information content (AvgIpc) is 1.90. The number of halogens is 1. The molecule has 9 heavy (non-hydrogen) atoms. The number of nitrogens with zero attached hydrogens (tertiary/aromatic N) is 1. The second kappa shape index (κ2) is 2.02. The molecule has 1 nitrogen and oxygen atoms in total. The third kappa shape index (κ3) is 1.17. The molecule has 0 aromatic rings. The van der Waals surface area contributed by atoms with Crippen molar-refractivity contribution in [3.05, 3.63) is 30.7 Å². The van der Waals surface area contributed by atoms with Gasteiger partial charge in [-0.25, -0.2) is 4.39 Å². The van der Waals surface area contributed by atoms with Gasteiger partial charge in [-0.2, -0.15) is 5.26 Å². The molecule has 45 valence electrons. The molecule has 0 unspecified atom stereocenters. The van der Waals surface area contributed by atoms with Gasteiger partial charge in [0.05, 0.1) is 0 Å². The van der Waals surface area contributed by atoms with Crippen LogP contribution in [0, 0.1) is 17.8 Å². The summed E-state index contributed by atoms with van der Waals surface area (Å²) in [6, 6.07) is 1.52. The summed E-state index contributed by atoms with van der Waals surface area (Å²) in [6.45, 7) is 0. The second-order valence-electron chi connectivity index (χ2n) is 1.79. The molecule has 1 aliphatic rings. The lowest BCUT2D eigenvalue weighted by atomic mass is 10.0. The van der Waals surface area contributed by atoms with E-state index in [-0.39, 0.29) is 0 Å². The quantitative estimate of drug-likeness (QED) is 0.478. The smallest absolute Gasteiger partial charge is 0.218 e. The Morgan fingerprint density at radius 3 is 2.22 bits per heavy atom. The van der Waals surface area contributed by atoms with Gasteiger partial charge < -0.3 is 0 Å². The van der Waals surface area contributed by atoms with E-state index in [0.717, 1.165) is 0 Å². The molecule has 0 N–H and O–H groups in total. The summed E-state index contributed by atoms with van der Waals surface area (Å²) >= 11 is 0. The van der Waals surface area contributed by atoms with Crippen LogP contribution in [-0.4, -0.2) is 5.67 Å². The Morgan fingerprint density at radius 1 is 1.33 bits per heavy atom. The number of allylic oxidation sites excluding steroid dienone is 4. The minimum Gasteiger partial charge on any atom is -0.218 e. The molecule has 0 amide bonds. The molecule has 1 aliphatic carbocycles. The lowest BCUT2D eigenvalue weighted by Gasteiger charge is -2.08. The van der Waals surface area contributed by atoms with Crippen LogP contribution in [0.4, 0.5) is 4.39 Å². The zero-order valence-corrected chi connectivity index (χ0v) is 4.71. The Kier molecular flexibility index (Phi) is 1.35. The number of nitriles is 1. The molecule has 1 rings (SSSR count).